The van der Waals surface area contributed by atoms with Gasteiger partial charge in [-0.3, -0.25) is 9.59 Å². The summed E-state index contributed by atoms with van der Waals surface area (Å²) in [5, 5.41) is 3.81. The number of carbonyl (C=O) groups excluding carboxylic acids is 2. The number of ether oxygens (including phenoxy) is 1. The van der Waals surface area contributed by atoms with Crippen LogP contribution in [0.5, 0.6) is 5.75 Å². The van der Waals surface area contributed by atoms with Gasteiger partial charge in [-0.2, -0.15) is 0 Å². The van der Waals surface area contributed by atoms with E-state index in [1.165, 1.54) is 4.70 Å². The smallest absolute Gasteiger partial charge is 0.251 e. The molecule has 29 heavy (non-hydrogen) atoms. The van der Waals surface area contributed by atoms with Gasteiger partial charge in [-0.25, -0.2) is 4.98 Å². The van der Waals surface area contributed by atoms with Crippen molar-refractivity contribution in [3.63, 3.8) is 0 Å². The number of hydrogen-bond acceptors (Lipinski definition) is 5. The number of methoxy groups -OCH3 is 1. The molecule has 0 spiro atoms. The van der Waals surface area contributed by atoms with Gasteiger partial charge in [0.1, 0.15) is 5.75 Å². The van der Waals surface area contributed by atoms with Crippen molar-refractivity contribution in [2.75, 3.05) is 26.7 Å². The van der Waals surface area contributed by atoms with E-state index in [1.807, 2.05) is 23.1 Å². The van der Waals surface area contributed by atoms with Crippen molar-refractivity contribution >= 4 is 33.4 Å². The molecular weight excluding hydrogens is 386 g/mol. The zero-order valence-electron chi connectivity index (χ0n) is 16.3. The maximum atomic E-state index is 12.7. The number of piperidine rings is 1. The van der Waals surface area contributed by atoms with Gasteiger partial charge in [-0.15, -0.1) is 11.3 Å². The molecule has 3 aromatic rings. The summed E-state index contributed by atoms with van der Waals surface area (Å²) in [7, 11) is 1.58. The van der Waals surface area contributed by atoms with Crippen LogP contribution < -0.4 is 10.1 Å². The number of hydrogen-bond donors (Lipinski definition) is 1. The standard InChI is InChI=1S/C22H23N3O3S/c1-28-17-10-8-15(9-11-17)21(27)23-13-20(26)25-12-4-5-16(14-25)22-24-18-6-2-3-7-19(18)29-22/h2-3,6-11,16H,4-5,12-14H2,1H3,(H,23,27)/t16-/m1/s1. The third-order valence-corrected chi connectivity index (χ3v) is 6.39. The van der Waals surface area contributed by atoms with Crippen molar-refractivity contribution in [3.8, 4) is 5.75 Å². The molecule has 0 bridgehead atoms. The van der Waals surface area contributed by atoms with Crippen LogP contribution >= 0.6 is 11.3 Å². The molecule has 0 radical (unpaired) electrons. The van der Waals surface area contributed by atoms with E-state index in [1.54, 1.807) is 42.7 Å². The van der Waals surface area contributed by atoms with Gasteiger partial charge >= 0.3 is 0 Å². The highest BCUT2D eigenvalue weighted by molar-refractivity contribution is 7.18. The molecule has 1 atom stereocenters. The third kappa shape index (κ3) is 4.40. The first-order valence-corrected chi connectivity index (χ1v) is 10.5. The van der Waals surface area contributed by atoms with Gasteiger partial charge in [0.15, 0.2) is 0 Å². The number of para-hydroxylation sites is 1. The molecule has 0 saturated carbocycles. The summed E-state index contributed by atoms with van der Waals surface area (Å²) in [5.41, 5.74) is 1.52. The van der Waals surface area contributed by atoms with Crippen LogP contribution in [-0.4, -0.2) is 48.4 Å². The Morgan fingerprint density at radius 3 is 2.76 bits per heavy atom. The number of likely N-dealkylation sites (tertiary alicyclic amines) is 1. The average molecular weight is 410 g/mol. The Morgan fingerprint density at radius 1 is 1.21 bits per heavy atom. The summed E-state index contributed by atoms with van der Waals surface area (Å²) in [6, 6.07) is 14.9. The predicted molar refractivity (Wildman–Crippen MR) is 114 cm³/mol. The van der Waals surface area contributed by atoms with E-state index >= 15 is 0 Å². The van der Waals surface area contributed by atoms with E-state index in [2.05, 4.69) is 11.4 Å². The van der Waals surface area contributed by atoms with Crippen molar-refractivity contribution in [1.82, 2.24) is 15.2 Å². The maximum absolute atomic E-state index is 12.7. The highest BCUT2D eigenvalue weighted by Crippen LogP contribution is 2.32. The van der Waals surface area contributed by atoms with Crippen LogP contribution in [0.3, 0.4) is 0 Å². The summed E-state index contributed by atoms with van der Waals surface area (Å²) >= 11 is 1.71. The van der Waals surface area contributed by atoms with Crippen molar-refractivity contribution < 1.29 is 14.3 Å². The molecule has 0 unspecified atom stereocenters. The number of nitrogens with zero attached hydrogens (tertiary/aromatic N) is 2. The fourth-order valence-corrected chi connectivity index (χ4v) is 4.68. The van der Waals surface area contributed by atoms with Crippen LogP contribution in [0, 0.1) is 0 Å². The van der Waals surface area contributed by atoms with Gasteiger partial charge in [0.05, 0.1) is 28.9 Å². The lowest BCUT2D eigenvalue weighted by Crippen LogP contribution is -2.44. The maximum Gasteiger partial charge on any atom is 0.251 e. The SMILES string of the molecule is COc1ccc(C(=O)NCC(=O)N2CCC[C@@H](c3nc4ccccc4s3)C2)cc1. The minimum absolute atomic E-state index is 0.00255. The Labute approximate surface area is 173 Å². The summed E-state index contributed by atoms with van der Waals surface area (Å²) < 4.78 is 6.27. The zero-order chi connectivity index (χ0) is 20.2. The molecule has 1 N–H and O–H groups in total. The second kappa shape index (κ2) is 8.61. The van der Waals surface area contributed by atoms with Crippen molar-refractivity contribution in [1.29, 1.82) is 0 Å². The average Bonchev–Trinajstić information content (AvgIpc) is 3.22. The minimum Gasteiger partial charge on any atom is -0.497 e. The number of aromatic nitrogens is 1. The number of rotatable bonds is 5. The van der Waals surface area contributed by atoms with Gasteiger partial charge in [0.25, 0.3) is 5.91 Å². The molecule has 1 fully saturated rings. The molecule has 6 nitrogen and oxygen atoms in total. The Morgan fingerprint density at radius 2 is 2.00 bits per heavy atom. The van der Waals surface area contributed by atoms with Crippen LogP contribution in [0.4, 0.5) is 0 Å². The molecule has 1 saturated heterocycles. The normalized spacial score (nSPS) is 16.6. The second-order valence-corrected chi connectivity index (χ2v) is 8.17. The highest BCUT2D eigenvalue weighted by Gasteiger charge is 2.27. The van der Waals surface area contributed by atoms with Gasteiger partial charge in [0.2, 0.25) is 5.91 Å². The Bertz CT molecular complexity index is 983. The van der Waals surface area contributed by atoms with Crippen LogP contribution in [0.1, 0.15) is 34.1 Å². The predicted octanol–water partition coefficient (Wildman–Crippen LogP) is 3.44. The summed E-state index contributed by atoms with van der Waals surface area (Å²) in [4.78, 5) is 31.5. The summed E-state index contributed by atoms with van der Waals surface area (Å²) in [6.45, 7) is 1.37. The molecule has 7 heteroatoms. The first-order chi connectivity index (χ1) is 14.1. The monoisotopic (exact) mass is 409 g/mol. The molecular formula is C22H23N3O3S. The van der Waals surface area contributed by atoms with E-state index < -0.39 is 0 Å². The molecule has 1 aromatic heterocycles. The zero-order valence-corrected chi connectivity index (χ0v) is 17.1. The molecule has 150 valence electrons. The number of fused-ring (bicyclic) bond motifs is 1. The number of nitrogens with one attached hydrogen (secondary N) is 1. The number of benzene rings is 2. The molecule has 4 rings (SSSR count). The fourth-order valence-electron chi connectivity index (χ4n) is 3.58. The van der Waals surface area contributed by atoms with Crippen LogP contribution in [0.2, 0.25) is 0 Å². The van der Waals surface area contributed by atoms with E-state index in [0.29, 0.717) is 17.9 Å². The van der Waals surface area contributed by atoms with Crippen molar-refractivity contribution in [2.45, 2.75) is 18.8 Å². The lowest BCUT2D eigenvalue weighted by molar-refractivity contribution is -0.131. The van der Waals surface area contributed by atoms with Crippen molar-refractivity contribution in [2.24, 2.45) is 0 Å². The molecule has 2 amide bonds. The molecule has 1 aliphatic heterocycles. The number of thiazole rings is 1. The van der Waals surface area contributed by atoms with Crippen LogP contribution in [0.25, 0.3) is 10.2 Å². The molecule has 2 aromatic carbocycles. The van der Waals surface area contributed by atoms with Crippen LogP contribution in [0.15, 0.2) is 48.5 Å². The van der Waals surface area contributed by atoms with Gasteiger partial charge in [0, 0.05) is 24.6 Å². The van der Waals surface area contributed by atoms with Crippen molar-refractivity contribution in [3.05, 3.63) is 59.1 Å². The van der Waals surface area contributed by atoms with E-state index in [-0.39, 0.29) is 24.3 Å². The molecule has 0 aliphatic carbocycles. The van der Waals surface area contributed by atoms with Crippen LogP contribution in [-0.2, 0) is 4.79 Å². The van der Waals surface area contributed by atoms with Gasteiger partial charge in [-0.1, -0.05) is 12.1 Å². The Hall–Kier alpha value is -2.93. The Kier molecular flexibility index (Phi) is 5.76. The number of amides is 2. The lowest BCUT2D eigenvalue weighted by atomic mass is 9.98. The lowest BCUT2D eigenvalue weighted by Gasteiger charge is -2.32. The van der Waals surface area contributed by atoms with Gasteiger partial charge in [-0.05, 0) is 49.2 Å². The Balaban J connectivity index is 1.35. The first-order valence-electron chi connectivity index (χ1n) is 9.69. The third-order valence-electron chi connectivity index (χ3n) is 5.19. The van der Waals surface area contributed by atoms with E-state index in [0.717, 1.165) is 29.9 Å². The minimum atomic E-state index is -0.263. The van der Waals surface area contributed by atoms with E-state index in [9.17, 15) is 9.59 Å². The van der Waals surface area contributed by atoms with Gasteiger partial charge < -0.3 is 15.0 Å². The topological polar surface area (TPSA) is 71.5 Å². The highest BCUT2D eigenvalue weighted by atomic mass is 32.1. The first kappa shape index (κ1) is 19.4. The van der Waals surface area contributed by atoms with E-state index in [4.69, 9.17) is 9.72 Å². The largest absolute Gasteiger partial charge is 0.497 e. The number of carbonyl (C=O) groups is 2. The summed E-state index contributed by atoms with van der Waals surface area (Å²) in [5.74, 6) is 0.618. The molecule has 1 aliphatic rings. The fraction of sp³-hybridized carbons (Fsp3) is 0.318. The second-order valence-electron chi connectivity index (χ2n) is 7.11. The molecule has 2 heterocycles. The summed E-state index contributed by atoms with van der Waals surface area (Å²) in [6.07, 6.45) is 1.97. The quantitative estimate of drug-likeness (QED) is 0.701.